The fourth-order valence-electron chi connectivity index (χ4n) is 2.76. The van der Waals surface area contributed by atoms with Crippen LogP contribution in [-0.2, 0) is 0 Å². The molecule has 0 unspecified atom stereocenters. The molecule has 0 amide bonds. The van der Waals surface area contributed by atoms with Crippen LogP contribution in [0.4, 0.5) is 13.2 Å². The molecule has 9 heteroatoms. The number of benzene rings is 2. The zero-order chi connectivity index (χ0) is 20.6. The second kappa shape index (κ2) is 7.25. The van der Waals surface area contributed by atoms with Crippen LogP contribution in [0.25, 0.3) is 22.5 Å². The minimum absolute atomic E-state index is 0.109. The van der Waals surface area contributed by atoms with E-state index in [-0.39, 0.29) is 5.65 Å². The van der Waals surface area contributed by atoms with Crippen LogP contribution >= 0.6 is 11.8 Å². The van der Waals surface area contributed by atoms with Crippen LogP contribution < -0.4 is 10.8 Å². The normalized spacial score (nSPS) is 12.9. The zero-order valence-corrected chi connectivity index (χ0v) is 15.4. The monoisotopic (exact) mass is 415 g/mol. The summed E-state index contributed by atoms with van der Waals surface area (Å²) in [5.41, 5.74) is 0.224. The molecule has 0 fully saturated rings. The molecule has 0 aliphatic heterocycles. The number of rotatable bonds is 3. The van der Waals surface area contributed by atoms with Crippen LogP contribution in [0.1, 0.15) is 0 Å². The van der Waals surface area contributed by atoms with Crippen LogP contribution in [0.15, 0.2) is 81.6 Å². The van der Waals surface area contributed by atoms with E-state index in [4.69, 9.17) is 0 Å². The Morgan fingerprint density at radius 3 is 2.28 bits per heavy atom. The minimum atomic E-state index is -5.04. The molecule has 0 spiro atoms. The van der Waals surface area contributed by atoms with Crippen molar-refractivity contribution in [2.24, 2.45) is 0 Å². The summed E-state index contributed by atoms with van der Waals surface area (Å²) in [6.07, 6.45) is -2.97. The van der Waals surface area contributed by atoms with Crippen LogP contribution in [-0.4, -0.2) is 25.9 Å². The Kier molecular flexibility index (Phi) is 4.75. The Bertz CT molecular complexity index is 1290. The van der Waals surface area contributed by atoms with Crippen LogP contribution in [0.3, 0.4) is 0 Å². The number of hydrogen-bond acceptors (Lipinski definition) is 5. The lowest BCUT2D eigenvalue weighted by atomic mass is 10.1. The summed E-state index contributed by atoms with van der Waals surface area (Å²) in [5.74, 6) is -1.99. The quantitative estimate of drug-likeness (QED) is 0.551. The third kappa shape index (κ3) is 3.68. The first-order valence-electron chi connectivity index (χ1n) is 8.35. The molecule has 0 bridgehead atoms. The summed E-state index contributed by atoms with van der Waals surface area (Å²) >= 11 is 1.58. The number of fused-ring (bicyclic) bond motifs is 1. The predicted molar refractivity (Wildman–Crippen MR) is 103 cm³/mol. The molecule has 1 N–H and O–H groups in total. The van der Waals surface area contributed by atoms with Crippen molar-refractivity contribution in [1.82, 2.24) is 14.6 Å². The first-order valence-corrected chi connectivity index (χ1v) is 9.17. The van der Waals surface area contributed by atoms with Gasteiger partial charge in [0.05, 0.1) is 6.20 Å². The smallest absolute Gasteiger partial charge is 0.449 e. The topological polar surface area (TPSA) is 67.5 Å². The summed E-state index contributed by atoms with van der Waals surface area (Å²) in [6, 6.07) is 17.3. The predicted octanol–water partition coefficient (Wildman–Crippen LogP) is 3.86. The molecular weight excluding hydrogens is 403 g/mol. The maximum atomic E-state index is 12.7. The lowest BCUT2D eigenvalue weighted by Crippen LogP contribution is -2.37. The Balaban J connectivity index is 1.72. The lowest BCUT2D eigenvalue weighted by molar-refractivity contribution is -0.0897. The number of aliphatic hydroxyl groups is 1. The van der Waals surface area contributed by atoms with E-state index in [1.54, 1.807) is 11.8 Å². The van der Waals surface area contributed by atoms with Gasteiger partial charge in [-0.05, 0) is 29.8 Å². The first kappa shape index (κ1) is 19.0. The van der Waals surface area contributed by atoms with E-state index in [1.807, 2.05) is 54.6 Å². The van der Waals surface area contributed by atoms with Crippen molar-refractivity contribution < 1.29 is 18.3 Å². The van der Waals surface area contributed by atoms with Crippen molar-refractivity contribution in [3.63, 3.8) is 0 Å². The number of hydrogen-bond donors (Lipinski definition) is 1. The van der Waals surface area contributed by atoms with Crippen molar-refractivity contribution in [1.29, 1.82) is 0 Å². The van der Waals surface area contributed by atoms with E-state index in [0.717, 1.165) is 14.3 Å². The molecule has 0 aliphatic rings. The molecule has 0 atom stereocenters. The molecule has 146 valence electrons. The fourth-order valence-corrected chi connectivity index (χ4v) is 3.59. The fraction of sp³-hybridized carbons (Fsp3) is 0.0500. The standard InChI is InChI=1S/C20H12F3N3O2S/c21-20(22,23)17(27)16-10-24-18-15(11-25-26(18)19(16)28)12-6-8-14(9-7-12)29-13-4-2-1-3-5-13/h1-11,27H/b17-16+. The highest BCUT2D eigenvalue weighted by Gasteiger charge is 2.35. The van der Waals surface area contributed by atoms with Gasteiger partial charge in [0.15, 0.2) is 5.65 Å². The third-order valence-electron chi connectivity index (χ3n) is 4.15. The van der Waals surface area contributed by atoms with Crippen molar-refractivity contribution in [2.45, 2.75) is 16.0 Å². The van der Waals surface area contributed by atoms with Crippen molar-refractivity contribution in [3.8, 4) is 11.1 Å². The second-order valence-electron chi connectivity index (χ2n) is 6.06. The Hall–Kier alpha value is -3.33. The molecule has 4 rings (SSSR count). The largest absolute Gasteiger partial charge is 0.504 e. The van der Waals surface area contributed by atoms with E-state index < -0.39 is 22.7 Å². The lowest BCUT2D eigenvalue weighted by Gasteiger charge is -2.05. The Morgan fingerprint density at radius 1 is 0.966 bits per heavy atom. The van der Waals surface area contributed by atoms with Gasteiger partial charge < -0.3 is 5.11 Å². The van der Waals surface area contributed by atoms with Gasteiger partial charge in [-0.15, -0.1) is 0 Å². The molecule has 5 nitrogen and oxygen atoms in total. The van der Waals surface area contributed by atoms with Gasteiger partial charge in [-0.25, -0.2) is 4.98 Å². The van der Waals surface area contributed by atoms with Gasteiger partial charge in [0.1, 0.15) is 5.22 Å². The average molecular weight is 415 g/mol. The van der Waals surface area contributed by atoms with Crippen molar-refractivity contribution in [3.05, 3.63) is 82.6 Å². The zero-order valence-electron chi connectivity index (χ0n) is 14.6. The molecule has 0 saturated heterocycles. The highest BCUT2D eigenvalue weighted by atomic mass is 32.2. The van der Waals surface area contributed by atoms with Gasteiger partial charge in [0.25, 0.3) is 5.56 Å². The van der Waals surface area contributed by atoms with E-state index in [9.17, 15) is 23.1 Å². The third-order valence-corrected chi connectivity index (χ3v) is 5.17. The van der Waals surface area contributed by atoms with Crippen molar-refractivity contribution in [2.75, 3.05) is 0 Å². The number of alkyl halides is 3. The molecule has 0 saturated carbocycles. The SMILES string of the molecule is O=c1/c(=C(/O)C(F)(F)F)cnc2c(-c3ccc(Sc4ccccc4)cc3)cnn12. The summed E-state index contributed by atoms with van der Waals surface area (Å²) in [6.45, 7) is 0. The average Bonchev–Trinajstić information content (AvgIpc) is 3.13. The summed E-state index contributed by atoms with van der Waals surface area (Å²) in [5, 5.41) is 12.2. The van der Waals surface area contributed by atoms with Gasteiger partial charge in [0.2, 0.25) is 5.76 Å². The summed E-state index contributed by atoms with van der Waals surface area (Å²) < 4.78 is 38.8. The molecule has 29 heavy (non-hydrogen) atoms. The van der Waals surface area contributed by atoms with Gasteiger partial charge in [0, 0.05) is 21.6 Å². The highest BCUT2D eigenvalue weighted by molar-refractivity contribution is 7.99. The van der Waals surface area contributed by atoms with Crippen LogP contribution in [0, 0.1) is 0 Å². The molecular formula is C20H12F3N3O2S. The maximum Gasteiger partial charge on any atom is 0.449 e. The number of aliphatic hydroxyl groups excluding tert-OH is 1. The first-order chi connectivity index (χ1) is 13.8. The van der Waals surface area contributed by atoms with Crippen LogP contribution in [0.5, 0.6) is 0 Å². The van der Waals surface area contributed by atoms with Crippen LogP contribution in [0.2, 0.25) is 0 Å². The van der Waals surface area contributed by atoms with Gasteiger partial charge >= 0.3 is 6.18 Å². The van der Waals surface area contributed by atoms with E-state index in [1.165, 1.54) is 6.20 Å². The summed E-state index contributed by atoms with van der Waals surface area (Å²) in [4.78, 5) is 18.3. The Morgan fingerprint density at radius 2 is 1.62 bits per heavy atom. The molecule has 2 heterocycles. The highest BCUT2D eigenvalue weighted by Crippen LogP contribution is 2.30. The molecule has 0 aliphatic carbocycles. The summed E-state index contributed by atoms with van der Waals surface area (Å²) in [7, 11) is 0. The molecule has 2 aromatic carbocycles. The van der Waals surface area contributed by atoms with E-state index in [0.29, 0.717) is 17.3 Å². The maximum absolute atomic E-state index is 12.7. The van der Waals surface area contributed by atoms with E-state index in [2.05, 4.69) is 10.1 Å². The van der Waals surface area contributed by atoms with Gasteiger partial charge in [-0.2, -0.15) is 22.8 Å². The number of nitrogens with zero attached hydrogens (tertiary/aromatic N) is 3. The molecule has 0 radical (unpaired) electrons. The minimum Gasteiger partial charge on any atom is -0.504 e. The van der Waals surface area contributed by atoms with Gasteiger partial charge in [-0.3, -0.25) is 4.79 Å². The van der Waals surface area contributed by atoms with Crippen molar-refractivity contribution >= 4 is 23.2 Å². The molecule has 4 aromatic rings. The second-order valence-corrected chi connectivity index (χ2v) is 7.20. The number of halogens is 3. The van der Waals surface area contributed by atoms with E-state index >= 15 is 0 Å². The molecule has 2 aromatic heterocycles. The van der Waals surface area contributed by atoms with Gasteiger partial charge in [-0.1, -0.05) is 42.1 Å². The Labute approximate surface area is 166 Å². The number of aromatic nitrogens is 3.